The monoisotopic (exact) mass is 482 g/mol. The highest BCUT2D eigenvalue weighted by Crippen LogP contribution is 2.31. The molecular formula is C26H22N6O4. The number of para-hydroxylation sites is 1. The molecule has 4 heterocycles. The molecule has 6 rings (SSSR count). The predicted octanol–water partition coefficient (Wildman–Crippen LogP) is 3.53. The van der Waals surface area contributed by atoms with Crippen LogP contribution >= 0.6 is 0 Å². The number of morpholine rings is 1. The first-order chi connectivity index (χ1) is 17.6. The van der Waals surface area contributed by atoms with Gasteiger partial charge in [0.1, 0.15) is 11.1 Å². The van der Waals surface area contributed by atoms with Crippen molar-refractivity contribution in [2.24, 2.45) is 0 Å². The van der Waals surface area contributed by atoms with E-state index in [4.69, 9.17) is 9.15 Å². The fourth-order valence-electron chi connectivity index (χ4n) is 4.53. The van der Waals surface area contributed by atoms with Crippen LogP contribution in [0.2, 0.25) is 0 Å². The van der Waals surface area contributed by atoms with Gasteiger partial charge >= 0.3 is 5.63 Å². The Morgan fingerprint density at radius 3 is 2.92 bits per heavy atom. The summed E-state index contributed by atoms with van der Waals surface area (Å²) in [5.74, 6) is 0.610. The molecule has 0 aliphatic carbocycles. The number of ether oxygens (including phenoxy) is 1. The number of hydrogen-bond donors (Lipinski definition) is 2. The average molecular weight is 483 g/mol. The van der Waals surface area contributed by atoms with Crippen molar-refractivity contribution in [3.05, 3.63) is 82.5 Å². The summed E-state index contributed by atoms with van der Waals surface area (Å²) >= 11 is 0. The lowest BCUT2D eigenvalue weighted by atomic mass is 9.96. The van der Waals surface area contributed by atoms with Gasteiger partial charge in [-0.25, -0.2) is 14.5 Å². The highest BCUT2D eigenvalue weighted by molar-refractivity contribution is 6.00. The number of anilines is 2. The van der Waals surface area contributed by atoms with Gasteiger partial charge in [-0.3, -0.25) is 4.79 Å². The van der Waals surface area contributed by atoms with E-state index < -0.39 is 11.7 Å². The number of nitrogens with one attached hydrogen (secondary N) is 2. The van der Waals surface area contributed by atoms with E-state index in [1.54, 1.807) is 29.2 Å². The molecule has 2 aromatic carbocycles. The normalized spacial score (nSPS) is 15.9. The standard InChI is InChI=1S/C26H22N6O4/c1-15(33)23-24(21-14-27-10-11-35-21)18-7-6-17(12-20(18)36-25(23)34)30-26-28-9-8-22(31-26)32-19-5-3-2-4-16(19)13-29-32/h2-9,12-13,21,27H,10-11,14H2,1H3,(H,28,30,31). The van der Waals surface area contributed by atoms with Crippen LogP contribution in [0.15, 0.2) is 70.1 Å². The zero-order chi connectivity index (χ0) is 24.6. The van der Waals surface area contributed by atoms with Crippen LogP contribution in [0.5, 0.6) is 0 Å². The molecule has 36 heavy (non-hydrogen) atoms. The van der Waals surface area contributed by atoms with E-state index in [0.717, 1.165) is 10.9 Å². The summed E-state index contributed by atoms with van der Waals surface area (Å²) in [6, 6.07) is 15.0. The molecule has 0 bridgehead atoms. The summed E-state index contributed by atoms with van der Waals surface area (Å²) in [5.41, 5.74) is 1.80. The summed E-state index contributed by atoms with van der Waals surface area (Å²) in [7, 11) is 0. The fourth-order valence-corrected chi connectivity index (χ4v) is 4.53. The Balaban J connectivity index is 1.38. The van der Waals surface area contributed by atoms with Gasteiger partial charge in [0.2, 0.25) is 5.95 Å². The highest BCUT2D eigenvalue weighted by atomic mass is 16.5. The molecule has 2 N–H and O–H groups in total. The molecule has 1 atom stereocenters. The molecule has 0 radical (unpaired) electrons. The molecule has 1 unspecified atom stereocenters. The van der Waals surface area contributed by atoms with Crippen LogP contribution in [-0.2, 0) is 4.74 Å². The SMILES string of the molecule is CC(=O)c1c(C2CNCCO2)c2ccc(Nc3nccc(-n4ncc5ccccc54)n3)cc2oc1=O. The topological polar surface area (TPSA) is 124 Å². The van der Waals surface area contributed by atoms with Crippen molar-refractivity contribution in [2.45, 2.75) is 13.0 Å². The average Bonchev–Trinajstić information content (AvgIpc) is 3.32. The predicted molar refractivity (Wildman–Crippen MR) is 134 cm³/mol. The van der Waals surface area contributed by atoms with Crippen molar-refractivity contribution in [3.8, 4) is 5.82 Å². The number of carbonyl (C=O) groups excluding carboxylic acids is 1. The fraction of sp³-hybridized carbons (Fsp3) is 0.192. The van der Waals surface area contributed by atoms with Gasteiger partial charge in [-0.2, -0.15) is 10.1 Å². The highest BCUT2D eigenvalue weighted by Gasteiger charge is 2.27. The van der Waals surface area contributed by atoms with Crippen LogP contribution in [0, 0.1) is 0 Å². The second kappa shape index (κ2) is 8.99. The number of ketones is 1. The van der Waals surface area contributed by atoms with Gasteiger partial charge in [-0.1, -0.05) is 18.2 Å². The second-order valence-corrected chi connectivity index (χ2v) is 8.49. The lowest BCUT2D eigenvalue weighted by molar-refractivity contribution is 0.0277. The molecule has 1 fully saturated rings. The van der Waals surface area contributed by atoms with E-state index in [9.17, 15) is 9.59 Å². The molecule has 1 aliphatic heterocycles. The Hall–Kier alpha value is -4.41. The molecule has 5 aromatic rings. The Bertz CT molecular complexity index is 1670. The van der Waals surface area contributed by atoms with Gasteiger partial charge in [0, 0.05) is 53.4 Å². The molecule has 10 nitrogen and oxygen atoms in total. The number of rotatable bonds is 5. The summed E-state index contributed by atoms with van der Waals surface area (Å²) in [6.07, 6.45) is 3.01. The maximum atomic E-state index is 12.8. The molecule has 180 valence electrons. The van der Waals surface area contributed by atoms with Crippen LogP contribution in [0.25, 0.3) is 27.7 Å². The van der Waals surface area contributed by atoms with Gasteiger partial charge in [0.05, 0.1) is 24.4 Å². The quantitative estimate of drug-likeness (QED) is 0.286. The van der Waals surface area contributed by atoms with Crippen LogP contribution in [0.4, 0.5) is 11.6 Å². The molecule has 10 heteroatoms. The minimum atomic E-state index is -0.680. The van der Waals surface area contributed by atoms with Crippen LogP contribution in [0.1, 0.15) is 28.9 Å². The van der Waals surface area contributed by atoms with Crippen molar-refractivity contribution >= 4 is 39.3 Å². The maximum absolute atomic E-state index is 12.8. The van der Waals surface area contributed by atoms with Crippen LogP contribution in [0.3, 0.4) is 0 Å². The summed E-state index contributed by atoms with van der Waals surface area (Å²) in [4.78, 5) is 34.0. The molecule has 1 saturated heterocycles. The van der Waals surface area contributed by atoms with Crippen molar-refractivity contribution in [1.82, 2.24) is 25.1 Å². The largest absolute Gasteiger partial charge is 0.422 e. The van der Waals surface area contributed by atoms with E-state index >= 15 is 0 Å². The van der Waals surface area contributed by atoms with E-state index in [2.05, 4.69) is 25.7 Å². The number of nitrogens with zero attached hydrogens (tertiary/aromatic N) is 4. The number of aromatic nitrogens is 4. The lowest BCUT2D eigenvalue weighted by Crippen LogP contribution is -2.35. The van der Waals surface area contributed by atoms with Crippen molar-refractivity contribution < 1.29 is 13.9 Å². The number of fused-ring (bicyclic) bond motifs is 2. The van der Waals surface area contributed by atoms with Gasteiger partial charge < -0.3 is 19.8 Å². The molecule has 0 saturated carbocycles. The third-order valence-corrected chi connectivity index (χ3v) is 6.14. The third kappa shape index (κ3) is 3.92. The first-order valence-corrected chi connectivity index (χ1v) is 11.6. The molecular weight excluding hydrogens is 460 g/mol. The molecule has 0 amide bonds. The summed E-state index contributed by atoms with van der Waals surface area (Å²) in [6.45, 7) is 3.07. The van der Waals surface area contributed by atoms with Gasteiger partial charge in [0.15, 0.2) is 11.6 Å². The first-order valence-electron chi connectivity index (χ1n) is 11.6. The van der Waals surface area contributed by atoms with Gasteiger partial charge in [-0.15, -0.1) is 0 Å². The Labute approximate surface area is 204 Å². The van der Waals surface area contributed by atoms with E-state index in [-0.39, 0.29) is 11.3 Å². The van der Waals surface area contributed by atoms with Gasteiger partial charge in [-0.05, 0) is 25.1 Å². The molecule has 1 aliphatic rings. The lowest BCUT2D eigenvalue weighted by Gasteiger charge is -2.26. The second-order valence-electron chi connectivity index (χ2n) is 8.49. The third-order valence-electron chi connectivity index (χ3n) is 6.14. The molecule has 3 aromatic heterocycles. The van der Waals surface area contributed by atoms with Crippen molar-refractivity contribution in [2.75, 3.05) is 25.0 Å². The zero-order valence-corrected chi connectivity index (χ0v) is 19.4. The van der Waals surface area contributed by atoms with Crippen molar-refractivity contribution in [3.63, 3.8) is 0 Å². The van der Waals surface area contributed by atoms with Crippen LogP contribution < -0.4 is 16.3 Å². The van der Waals surface area contributed by atoms with E-state index in [1.165, 1.54) is 6.92 Å². The van der Waals surface area contributed by atoms with Crippen LogP contribution in [-0.4, -0.2) is 45.2 Å². The Kier molecular flexibility index (Phi) is 5.51. The van der Waals surface area contributed by atoms with Gasteiger partial charge in [0.25, 0.3) is 0 Å². The Morgan fingerprint density at radius 2 is 2.08 bits per heavy atom. The number of carbonyl (C=O) groups is 1. The zero-order valence-electron chi connectivity index (χ0n) is 19.4. The Morgan fingerprint density at radius 1 is 1.19 bits per heavy atom. The first kappa shape index (κ1) is 22.1. The summed E-state index contributed by atoms with van der Waals surface area (Å²) < 4.78 is 13.2. The minimum Gasteiger partial charge on any atom is -0.422 e. The maximum Gasteiger partial charge on any atom is 0.347 e. The summed E-state index contributed by atoms with van der Waals surface area (Å²) in [5, 5.41) is 12.5. The number of Topliss-reactive ketones (excluding diaryl/α,β-unsaturated/α-hetero) is 1. The van der Waals surface area contributed by atoms with Crippen molar-refractivity contribution in [1.29, 1.82) is 0 Å². The molecule has 0 spiro atoms. The smallest absolute Gasteiger partial charge is 0.347 e. The number of benzene rings is 2. The number of hydrogen-bond acceptors (Lipinski definition) is 9. The van der Waals surface area contributed by atoms with E-state index in [1.807, 2.05) is 36.4 Å². The van der Waals surface area contributed by atoms with E-state index in [0.29, 0.717) is 53.7 Å². The minimum absolute atomic E-state index is 0.0272.